The number of carbonyl (C=O) groups is 1. The highest BCUT2D eigenvalue weighted by Gasteiger charge is 2.33. The molecule has 2 aromatic carbocycles. The molecule has 1 amide bonds. The Bertz CT molecular complexity index is 982. The van der Waals surface area contributed by atoms with Crippen LogP contribution in [0.1, 0.15) is 18.4 Å². The molecule has 0 spiro atoms. The first-order valence-electron chi connectivity index (χ1n) is 10.7. The van der Waals surface area contributed by atoms with Gasteiger partial charge in [0, 0.05) is 43.1 Å². The van der Waals surface area contributed by atoms with E-state index < -0.39 is 10.0 Å². The summed E-state index contributed by atoms with van der Waals surface area (Å²) < 4.78 is 28.1. The van der Waals surface area contributed by atoms with Crippen molar-refractivity contribution >= 4 is 31.9 Å². The zero-order valence-electron chi connectivity index (χ0n) is 17.5. The Kier molecular flexibility index (Phi) is 7.11. The van der Waals surface area contributed by atoms with Crippen LogP contribution in [0.4, 0.5) is 0 Å². The average Bonchev–Trinajstić information content (AvgIpc) is 2.81. The van der Waals surface area contributed by atoms with Crippen molar-refractivity contribution in [3.8, 4) is 0 Å². The summed E-state index contributed by atoms with van der Waals surface area (Å²) in [6.45, 7) is 4.36. The fraction of sp³-hybridized carbons (Fsp3) is 0.435. The quantitative estimate of drug-likeness (QED) is 0.625. The van der Waals surface area contributed by atoms with E-state index in [-0.39, 0.29) is 11.8 Å². The van der Waals surface area contributed by atoms with E-state index in [0.29, 0.717) is 31.1 Å². The van der Waals surface area contributed by atoms with Crippen molar-refractivity contribution in [3.63, 3.8) is 0 Å². The number of hydrogen-bond acceptors (Lipinski definition) is 4. The van der Waals surface area contributed by atoms with E-state index in [4.69, 9.17) is 0 Å². The van der Waals surface area contributed by atoms with Gasteiger partial charge in [0.2, 0.25) is 15.9 Å². The topological polar surface area (TPSA) is 60.9 Å². The number of amides is 1. The van der Waals surface area contributed by atoms with Crippen LogP contribution in [0.3, 0.4) is 0 Å². The van der Waals surface area contributed by atoms with Crippen molar-refractivity contribution < 1.29 is 13.2 Å². The van der Waals surface area contributed by atoms with Gasteiger partial charge in [0.15, 0.2) is 0 Å². The zero-order chi connectivity index (χ0) is 21.8. The molecule has 0 unspecified atom stereocenters. The summed E-state index contributed by atoms with van der Waals surface area (Å²) in [7, 11) is -3.49. The first-order chi connectivity index (χ1) is 14.9. The summed E-state index contributed by atoms with van der Waals surface area (Å²) in [5.74, 6) is 0.221. The van der Waals surface area contributed by atoms with Gasteiger partial charge in [-0.25, -0.2) is 8.42 Å². The van der Waals surface area contributed by atoms with Gasteiger partial charge in [-0.05, 0) is 55.8 Å². The maximum atomic E-state index is 13.0. The summed E-state index contributed by atoms with van der Waals surface area (Å²) >= 11 is 3.47. The molecule has 2 saturated heterocycles. The lowest BCUT2D eigenvalue weighted by Crippen LogP contribution is -2.52. The smallest absolute Gasteiger partial charge is 0.243 e. The van der Waals surface area contributed by atoms with Gasteiger partial charge in [0.1, 0.15) is 0 Å². The van der Waals surface area contributed by atoms with E-state index in [1.165, 1.54) is 9.87 Å². The molecule has 0 atom stereocenters. The molecule has 0 bridgehead atoms. The van der Waals surface area contributed by atoms with Crippen LogP contribution in [-0.4, -0.2) is 67.7 Å². The number of piperazine rings is 1. The monoisotopic (exact) mass is 505 g/mol. The van der Waals surface area contributed by atoms with Crippen molar-refractivity contribution in [2.75, 3.05) is 39.3 Å². The first kappa shape index (κ1) is 22.5. The molecule has 0 aliphatic carbocycles. The standard InChI is InChI=1S/C23H28BrN3O3S/c24-21-8-6-19(7-9-21)18-25-12-10-20(11-13-25)23(28)26-14-16-27(17-15-26)31(29,30)22-4-2-1-3-5-22/h1-9,20H,10-18H2. The number of piperidine rings is 1. The van der Waals surface area contributed by atoms with E-state index in [2.05, 4.69) is 45.1 Å². The number of sulfonamides is 1. The van der Waals surface area contributed by atoms with E-state index in [0.717, 1.165) is 36.9 Å². The zero-order valence-corrected chi connectivity index (χ0v) is 19.9. The Labute approximate surface area is 193 Å². The minimum absolute atomic E-state index is 0.0402. The van der Waals surface area contributed by atoms with Crippen LogP contribution >= 0.6 is 15.9 Å². The Balaban J connectivity index is 1.26. The molecule has 31 heavy (non-hydrogen) atoms. The third-order valence-corrected chi connectivity index (χ3v) is 8.63. The first-order valence-corrected chi connectivity index (χ1v) is 13.0. The Morgan fingerprint density at radius 1 is 0.871 bits per heavy atom. The van der Waals surface area contributed by atoms with Gasteiger partial charge in [-0.1, -0.05) is 46.3 Å². The van der Waals surface area contributed by atoms with Crippen molar-refractivity contribution in [1.82, 2.24) is 14.1 Å². The molecule has 2 fully saturated rings. The fourth-order valence-electron chi connectivity index (χ4n) is 4.33. The second-order valence-corrected chi connectivity index (χ2v) is 11.1. The van der Waals surface area contributed by atoms with Gasteiger partial charge < -0.3 is 4.90 Å². The third kappa shape index (κ3) is 5.37. The minimum atomic E-state index is -3.49. The van der Waals surface area contributed by atoms with E-state index in [1.54, 1.807) is 30.3 Å². The number of hydrogen-bond donors (Lipinski definition) is 0. The number of halogens is 1. The summed E-state index contributed by atoms with van der Waals surface area (Å²) in [5.41, 5.74) is 1.28. The molecule has 6 nitrogen and oxygen atoms in total. The maximum Gasteiger partial charge on any atom is 0.243 e. The summed E-state index contributed by atoms with van der Waals surface area (Å²) in [4.78, 5) is 17.6. The molecule has 2 aliphatic heterocycles. The molecular weight excluding hydrogens is 478 g/mol. The molecular formula is C23H28BrN3O3S. The molecule has 4 rings (SSSR count). The minimum Gasteiger partial charge on any atom is -0.340 e. The predicted octanol–water partition coefficient (Wildman–Crippen LogP) is 3.19. The van der Waals surface area contributed by atoms with Crippen LogP contribution in [0.2, 0.25) is 0 Å². The van der Waals surface area contributed by atoms with Crippen LogP contribution in [0.5, 0.6) is 0 Å². The summed E-state index contributed by atoms with van der Waals surface area (Å²) in [6, 6.07) is 16.9. The highest BCUT2D eigenvalue weighted by molar-refractivity contribution is 9.10. The second-order valence-electron chi connectivity index (χ2n) is 8.22. The maximum absolute atomic E-state index is 13.0. The van der Waals surface area contributed by atoms with Crippen LogP contribution in [0.15, 0.2) is 64.0 Å². The molecule has 0 aromatic heterocycles. The molecule has 2 aliphatic rings. The molecule has 8 heteroatoms. The Hall–Kier alpha value is -1.74. The fourth-order valence-corrected chi connectivity index (χ4v) is 6.04. The lowest BCUT2D eigenvalue weighted by molar-refractivity contribution is -0.138. The third-order valence-electron chi connectivity index (χ3n) is 6.19. The molecule has 0 radical (unpaired) electrons. The van der Waals surface area contributed by atoms with Crippen molar-refractivity contribution in [2.24, 2.45) is 5.92 Å². The normalized spacial score (nSPS) is 19.5. The summed E-state index contributed by atoms with van der Waals surface area (Å²) in [6.07, 6.45) is 1.72. The van der Waals surface area contributed by atoms with E-state index in [1.807, 2.05) is 4.90 Å². The largest absolute Gasteiger partial charge is 0.340 e. The number of carbonyl (C=O) groups excluding carboxylic acids is 1. The van der Waals surface area contributed by atoms with Gasteiger partial charge in [-0.15, -0.1) is 0 Å². The van der Waals surface area contributed by atoms with Crippen LogP contribution in [0.25, 0.3) is 0 Å². The lowest BCUT2D eigenvalue weighted by atomic mass is 9.94. The molecule has 0 saturated carbocycles. The molecule has 2 aromatic rings. The Morgan fingerprint density at radius 3 is 2.10 bits per heavy atom. The van der Waals surface area contributed by atoms with E-state index in [9.17, 15) is 13.2 Å². The van der Waals surface area contributed by atoms with Crippen molar-refractivity contribution in [2.45, 2.75) is 24.3 Å². The van der Waals surface area contributed by atoms with Crippen LogP contribution < -0.4 is 0 Å². The molecule has 0 N–H and O–H groups in total. The number of nitrogens with zero attached hydrogens (tertiary/aromatic N) is 3. The van der Waals surface area contributed by atoms with E-state index >= 15 is 0 Å². The van der Waals surface area contributed by atoms with Gasteiger partial charge in [-0.3, -0.25) is 9.69 Å². The predicted molar refractivity (Wildman–Crippen MR) is 124 cm³/mol. The molecule has 2 heterocycles. The van der Waals surface area contributed by atoms with Crippen LogP contribution in [-0.2, 0) is 21.4 Å². The lowest BCUT2D eigenvalue weighted by Gasteiger charge is -2.38. The number of rotatable bonds is 5. The van der Waals surface area contributed by atoms with Crippen molar-refractivity contribution in [1.29, 1.82) is 0 Å². The number of likely N-dealkylation sites (tertiary alicyclic amines) is 1. The summed E-state index contributed by atoms with van der Waals surface area (Å²) in [5, 5.41) is 0. The van der Waals surface area contributed by atoms with Gasteiger partial charge in [0.05, 0.1) is 4.90 Å². The Morgan fingerprint density at radius 2 is 1.48 bits per heavy atom. The number of benzene rings is 2. The highest BCUT2D eigenvalue weighted by atomic mass is 79.9. The SMILES string of the molecule is O=C(C1CCN(Cc2ccc(Br)cc2)CC1)N1CCN(S(=O)(=O)c2ccccc2)CC1. The van der Waals surface area contributed by atoms with Gasteiger partial charge in [0.25, 0.3) is 0 Å². The van der Waals surface area contributed by atoms with Gasteiger partial charge in [-0.2, -0.15) is 4.31 Å². The van der Waals surface area contributed by atoms with Gasteiger partial charge >= 0.3 is 0 Å². The average molecular weight is 506 g/mol. The van der Waals surface area contributed by atoms with Crippen molar-refractivity contribution in [3.05, 3.63) is 64.6 Å². The second kappa shape index (κ2) is 9.81. The molecule has 166 valence electrons. The van der Waals surface area contributed by atoms with Crippen LogP contribution in [0, 0.1) is 5.92 Å². The highest BCUT2D eigenvalue weighted by Crippen LogP contribution is 2.24.